The normalized spacial score (nSPS) is 23.5. The van der Waals surface area contributed by atoms with E-state index < -0.39 is 126 Å². The zero-order valence-corrected chi connectivity index (χ0v) is 26.6. The molecule has 44 heavy (non-hydrogen) atoms. The molecule has 0 heterocycles. The van der Waals surface area contributed by atoms with Crippen molar-refractivity contribution in [3.8, 4) is 0 Å². The average Bonchev–Trinajstić information content (AvgIpc) is 2.98. The zero-order chi connectivity index (χ0) is 34.1. The van der Waals surface area contributed by atoms with Crippen LogP contribution in [0.2, 0.25) is 0 Å². The van der Waals surface area contributed by atoms with Crippen LogP contribution >= 0.6 is 0 Å². The van der Waals surface area contributed by atoms with Gasteiger partial charge in [-0.1, -0.05) is 6.92 Å². The second kappa shape index (κ2) is 20.2. The predicted octanol–water partition coefficient (Wildman–Crippen LogP) is -12.8. The second-order valence-corrected chi connectivity index (χ2v) is 11.1. The third-order valence-corrected chi connectivity index (χ3v) is 7.63. The Balaban J connectivity index is 0. The third kappa shape index (κ3) is 12.1. The minimum Gasteiger partial charge on any atom is -0.441 e. The van der Waals surface area contributed by atoms with Crippen LogP contribution < -0.4 is 29.6 Å². The van der Waals surface area contributed by atoms with Crippen LogP contribution in [0.1, 0.15) is 13.3 Å². The summed E-state index contributed by atoms with van der Waals surface area (Å²) in [6.45, 7) is 0.287. The Bertz CT molecular complexity index is 925. The van der Waals surface area contributed by atoms with E-state index in [-0.39, 0.29) is 29.6 Å². The van der Waals surface area contributed by atoms with Gasteiger partial charge in [0.05, 0.1) is 6.61 Å². The Kier molecular flexibility index (Phi) is 21.0. The molecule has 21 nitrogen and oxygen atoms in total. The van der Waals surface area contributed by atoms with Crippen molar-refractivity contribution in [3.05, 3.63) is 0 Å². The molecule has 0 aromatic heterocycles. The number of hydrogen-bond acceptors (Lipinski definition) is 20. The van der Waals surface area contributed by atoms with E-state index in [1.165, 1.54) is 0 Å². The summed E-state index contributed by atoms with van der Waals surface area (Å²) in [5.74, 6) is -1.92. The van der Waals surface area contributed by atoms with Crippen LogP contribution in [0.25, 0.3) is 0 Å². The molecule has 0 aliphatic carbocycles. The predicted molar refractivity (Wildman–Crippen MR) is 134 cm³/mol. The molecule has 0 aliphatic rings. The molecule has 0 aliphatic heterocycles. The number of carbonyl (C=O) groups is 1. The molecule has 0 fully saturated rings. The van der Waals surface area contributed by atoms with Crippen LogP contribution in [0.5, 0.6) is 0 Å². The molecule has 0 radical (unpaired) electrons. The van der Waals surface area contributed by atoms with Crippen molar-refractivity contribution in [2.24, 2.45) is 0 Å². The summed E-state index contributed by atoms with van der Waals surface area (Å²) in [7, 11) is -3.95. The first kappa shape index (κ1) is 45.9. The molecule has 0 saturated heterocycles. The van der Waals surface area contributed by atoms with E-state index in [4.69, 9.17) is 9.66 Å². The summed E-state index contributed by atoms with van der Waals surface area (Å²) < 4.78 is 40.1. The maximum atomic E-state index is 11.9. The van der Waals surface area contributed by atoms with Gasteiger partial charge in [-0.15, -0.1) is 0 Å². The summed E-state index contributed by atoms with van der Waals surface area (Å²) in [6.07, 6.45) is -39.0. The number of ether oxygens (including phenoxy) is 2. The zero-order valence-electron chi connectivity index (χ0n) is 23.8. The van der Waals surface area contributed by atoms with E-state index in [0.29, 0.717) is 0 Å². The molecule has 16 atom stereocenters. The fourth-order valence-corrected chi connectivity index (χ4v) is 4.28. The van der Waals surface area contributed by atoms with E-state index in [9.17, 15) is 84.7 Å². The van der Waals surface area contributed by atoms with Crippen LogP contribution in [0.3, 0.4) is 0 Å². The molecule has 0 spiro atoms. The van der Waals surface area contributed by atoms with Crippen LogP contribution in [0, 0.1) is 0 Å². The number of esters is 1. The Labute approximate surface area is 272 Å². The van der Waals surface area contributed by atoms with Crippen LogP contribution in [0.15, 0.2) is 0 Å². The van der Waals surface area contributed by atoms with Crippen LogP contribution in [0.4, 0.5) is 0 Å². The van der Waals surface area contributed by atoms with Crippen LogP contribution in [-0.2, 0) is 24.4 Å². The number of rotatable bonds is 20. The number of aliphatic hydroxyl groups excluding tert-OH is 15. The standard InChI is InChI=1S/C21H42O21S.Na/c1-3-6(43(38,39)40)42-21(37)20(36)19(35)18(34)17(33)16(32)15(31)14(30)13(29)12(28)11(27)10(26)9(25)8(24)7(23)5(4-22)41-2;/h5-20,22-36H,3-4H2,1-2H3,(H,38,39,40);/q;+1. The van der Waals surface area contributed by atoms with Crippen molar-refractivity contribution in [1.29, 1.82) is 0 Å². The molecule has 23 heteroatoms. The topological polar surface area (TPSA) is 393 Å². The average molecular weight is 686 g/mol. The summed E-state index contributed by atoms with van der Waals surface area (Å²) in [6, 6.07) is 0. The molecule has 0 bridgehead atoms. The van der Waals surface area contributed by atoms with Crippen molar-refractivity contribution >= 4 is 16.1 Å². The minimum atomic E-state index is -4.96. The van der Waals surface area contributed by atoms with E-state index in [2.05, 4.69) is 9.47 Å². The summed E-state index contributed by atoms with van der Waals surface area (Å²) in [4.78, 5) is 11.9. The molecule has 0 saturated carbocycles. The Morgan fingerprint density at radius 1 is 0.591 bits per heavy atom. The molecule has 16 unspecified atom stereocenters. The second-order valence-electron chi connectivity index (χ2n) is 9.57. The smallest absolute Gasteiger partial charge is 0.441 e. The van der Waals surface area contributed by atoms with Gasteiger partial charge in [0.25, 0.3) is 0 Å². The van der Waals surface area contributed by atoms with E-state index >= 15 is 0 Å². The largest absolute Gasteiger partial charge is 1.00 e. The fourth-order valence-electron chi connectivity index (χ4n) is 3.64. The fraction of sp³-hybridized carbons (Fsp3) is 0.952. The van der Waals surface area contributed by atoms with Gasteiger partial charge in [-0.05, 0) is 6.42 Å². The molecule has 0 amide bonds. The monoisotopic (exact) mass is 685 g/mol. The van der Waals surface area contributed by atoms with Crippen molar-refractivity contribution in [2.75, 3.05) is 13.7 Å². The summed E-state index contributed by atoms with van der Waals surface area (Å²) >= 11 is 0. The minimum absolute atomic E-state index is 0. The van der Waals surface area contributed by atoms with Gasteiger partial charge in [0.15, 0.2) is 6.10 Å². The van der Waals surface area contributed by atoms with E-state index in [1.54, 1.807) is 0 Å². The van der Waals surface area contributed by atoms with Gasteiger partial charge in [-0.25, -0.2) is 4.79 Å². The Hall–Kier alpha value is -0.260. The SMILES string of the molecule is CCC(OC(=O)C(O)C(O)C(O)C(O)C(O)C(O)C(O)C(O)C(O)C(O)C(O)C(O)C(O)C(O)C(CO)OC)S(=O)(=O)O.[Na+]. The first-order valence-corrected chi connectivity index (χ1v) is 14.0. The molecule has 0 rings (SSSR count). The van der Waals surface area contributed by atoms with Gasteiger partial charge in [0.2, 0.25) is 5.44 Å². The van der Waals surface area contributed by atoms with Crippen LogP contribution in [-0.4, -0.2) is 206 Å². The number of carbonyl (C=O) groups excluding carboxylic acids is 1. The molecule has 16 N–H and O–H groups in total. The van der Waals surface area contributed by atoms with Crippen molar-refractivity contribution < 1.29 is 133 Å². The van der Waals surface area contributed by atoms with Gasteiger partial charge in [-0.3, -0.25) is 4.55 Å². The molecule has 0 aromatic carbocycles. The molecule has 0 aromatic rings. The van der Waals surface area contributed by atoms with Crippen molar-refractivity contribution in [1.82, 2.24) is 0 Å². The van der Waals surface area contributed by atoms with E-state index in [0.717, 1.165) is 14.0 Å². The van der Waals surface area contributed by atoms with Crippen molar-refractivity contribution in [3.63, 3.8) is 0 Å². The molecular formula is C21H42NaO21S+. The quantitative estimate of drug-likeness (QED) is 0.0321. The third-order valence-electron chi connectivity index (χ3n) is 6.54. The van der Waals surface area contributed by atoms with Gasteiger partial charge in [-0.2, -0.15) is 8.42 Å². The van der Waals surface area contributed by atoms with Gasteiger partial charge in [0.1, 0.15) is 85.5 Å². The number of aliphatic hydroxyl groups is 15. The summed E-state index contributed by atoms with van der Waals surface area (Å²) in [5.41, 5.74) is -2.19. The number of methoxy groups -OCH3 is 1. The first-order valence-electron chi connectivity index (χ1n) is 12.4. The Morgan fingerprint density at radius 2 is 0.864 bits per heavy atom. The molecular weight excluding hydrogens is 643 g/mol. The maximum absolute atomic E-state index is 11.9. The number of hydrogen-bond donors (Lipinski definition) is 16. The first-order chi connectivity index (χ1) is 19.6. The van der Waals surface area contributed by atoms with Gasteiger partial charge < -0.3 is 86.1 Å². The van der Waals surface area contributed by atoms with Crippen molar-refractivity contribution in [2.45, 2.75) is 110 Å². The van der Waals surface area contributed by atoms with E-state index in [1.807, 2.05) is 0 Å². The summed E-state index contributed by atoms with van der Waals surface area (Å²) in [5, 5.41) is 150. The molecule has 258 valence electrons. The van der Waals surface area contributed by atoms with Gasteiger partial charge >= 0.3 is 45.6 Å². The maximum Gasteiger partial charge on any atom is 1.00 e. The van der Waals surface area contributed by atoms with Gasteiger partial charge in [0, 0.05) is 7.11 Å². The Morgan fingerprint density at radius 3 is 1.09 bits per heavy atom.